The molecule has 4 aromatic rings. The molecule has 0 saturated heterocycles. The van der Waals surface area contributed by atoms with Gasteiger partial charge in [-0.25, -0.2) is 8.42 Å². The fourth-order valence-electron chi connectivity index (χ4n) is 3.84. The van der Waals surface area contributed by atoms with Crippen LogP contribution in [-0.2, 0) is 21.1 Å². The van der Waals surface area contributed by atoms with Gasteiger partial charge in [0.05, 0.1) is 21.2 Å². The predicted octanol–water partition coefficient (Wildman–Crippen LogP) is 2.87. The number of sulfone groups is 1. The van der Waals surface area contributed by atoms with Crippen LogP contribution in [0.4, 0.5) is 0 Å². The quantitative estimate of drug-likeness (QED) is 0.417. The van der Waals surface area contributed by atoms with Crippen LogP contribution in [0.15, 0.2) is 82.6 Å². The van der Waals surface area contributed by atoms with Gasteiger partial charge in [0, 0.05) is 5.02 Å². The van der Waals surface area contributed by atoms with Crippen LogP contribution in [0.25, 0.3) is 21.9 Å². The Morgan fingerprint density at radius 1 is 0.971 bits per heavy atom. The van der Waals surface area contributed by atoms with Crippen LogP contribution < -0.4 is 18.9 Å². The molecule has 34 heavy (non-hydrogen) atoms. The molecular weight excluding hydrogens is 490 g/mol. The van der Waals surface area contributed by atoms with E-state index in [0.29, 0.717) is 10.6 Å². The summed E-state index contributed by atoms with van der Waals surface area (Å²) < 4.78 is 26.1. The van der Waals surface area contributed by atoms with Gasteiger partial charge in [-0.1, -0.05) is 59.6 Å². The molecule has 4 rings (SSSR count). The number of fused-ring (bicyclic) bond motifs is 1. The number of halogens is 2. The minimum Gasteiger partial charge on any atom is -1.00 e. The summed E-state index contributed by atoms with van der Waals surface area (Å²) in [6, 6.07) is 20.1. The zero-order valence-electron chi connectivity index (χ0n) is 19.5. The van der Waals surface area contributed by atoms with E-state index in [-0.39, 0.29) is 47.0 Å². The van der Waals surface area contributed by atoms with Crippen molar-refractivity contribution in [3.63, 3.8) is 0 Å². The van der Waals surface area contributed by atoms with Crippen molar-refractivity contribution in [3.05, 3.63) is 94.0 Å². The van der Waals surface area contributed by atoms with Crippen LogP contribution in [0.2, 0.25) is 10.0 Å². The molecule has 9 heteroatoms. The maximum atomic E-state index is 13.0. The SMILES string of the molecule is Cc1c(CC(=O)O)cc2ccc(Cl)cc2c1-c1ccc(S(=O)(=O)c2ccccc2Cl)cc1.O.[H-].[Li+]. The molecule has 0 spiro atoms. The Kier molecular flexibility index (Phi) is 9.01. The normalized spacial score (nSPS) is 10.9. The number of hydrogen-bond donors (Lipinski definition) is 1. The maximum absolute atomic E-state index is 13.0. The van der Waals surface area contributed by atoms with Crippen LogP contribution >= 0.6 is 23.2 Å². The number of carboxylic acid groups (broad SMARTS) is 1. The monoisotopic (exact) mass is 510 g/mol. The second kappa shape index (κ2) is 11.0. The Morgan fingerprint density at radius 2 is 1.62 bits per heavy atom. The minimum atomic E-state index is -3.78. The number of carboxylic acids is 1. The first-order chi connectivity index (χ1) is 15.2. The first-order valence-corrected chi connectivity index (χ1v) is 12.0. The molecule has 0 aliphatic heterocycles. The molecule has 5 nitrogen and oxygen atoms in total. The molecule has 0 aliphatic rings. The van der Waals surface area contributed by atoms with Gasteiger partial charge in [-0.15, -0.1) is 0 Å². The molecule has 0 heterocycles. The largest absolute Gasteiger partial charge is 1.00 e. The third kappa shape index (κ3) is 5.34. The van der Waals surface area contributed by atoms with Gasteiger partial charge in [-0.3, -0.25) is 4.79 Å². The molecule has 0 fully saturated rings. The van der Waals surface area contributed by atoms with Gasteiger partial charge in [0.2, 0.25) is 9.84 Å². The van der Waals surface area contributed by atoms with Crippen LogP contribution in [0, 0.1) is 6.92 Å². The third-order valence-electron chi connectivity index (χ3n) is 5.39. The summed E-state index contributed by atoms with van der Waals surface area (Å²) in [7, 11) is -3.78. The van der Waals surface area contributed by atoms with E-state index >= 15 is 0 Å². The van der Waals surface area contributed by atoms with E-state index in [4.69, 9.17) is 23.2 Å². The molecule has 0 aromatic heterocycles. The average Bonchev–Trinajstić information content (AvgIpc) is 2.75. The maximum Gasteiger partial charge on any atom is 1.00 e. The average molecular weight is 511 g/mol. The predicted molar refractivity (Wildman–Crippen MR) is 132 cm³/mol. The van der Waals surface area contributed by atoms with Crippen molar-refractivity contribution in [1.82, 2.24) is 0 Å². The summed E-state index contributed by atoms with van der Waals surface area (Å²) in [5, 5.41) is 11.8. The number of hydrogen-bond acceptors (Lipinski definition) is 3. The van der Waals surface area contributed by atoms with Gasteiger partial charge in [0.15, 0.2) is 0 Å². The van der Waals surface area contributed by atoms with Crippen LogP contribution in [0.3, 0.4) is 0 Å². The molecule has 0 atom stereocenters. The van der Waals surface area contributed by atoms with Gasteiger partial charge < -0.3 is 12.0 Å². The molecular formula is C25H21Cl2LiO5S. The van der Waals surface area contributed by atoms with E-state index in [1.807, 2.05) is 25.1 Å². The molecule has 0 aliphatic carbocycles. The first-order valence-electron chi connectivity index (χ1n) is 9.72. The molecule has 0 unspecified atom stereocenters. The summed E-state index contributed by atoms with van der Waals surface area (Å²) in [6.45, 7) is 1.86. The molecule has 0 bridgehead atoms. The van der Waals surface area contributed by atoms with Crippen molar-refractivity contribution in [1.29, 1.82) is 0 Å². The van der Waals surface area contributed by atoms with E-state index in [9.17, 15) is 18.3 Å². The van der Waals surface area contributed by atoms with E-state index in [1.165, 1.54) is 24.3 Å². The number of rotatable bonds is 5. The molecule has 3 N–H and O–H groups in total. The standard InChI is InChI=1S/C25H18Cl2O4S.Li.H2O.H/c1-15-18(13-24(28)29)12-17-6-9-19(26)14-21(17)25(15)16-7-10-20(11-8-16)32(30,31)23-5-3-2-4-22(23)27;;;/h2-12,14H,13H2,1H3,(H,28,29);;1H2;/q;+1;;-1. The zero-order valence-corrected chi connectivity index (χ0v) is 20.8. The molecule has 172 valence electrons. The molecule has 0 saturated carbocycles. The van der Waals surface area contributed by atoms with Gasteiger partial charge in [-0.2, -0.15) is 0 Å². The van der Waals surface area contributed by atoms with Gasteiger partial charge in [0.25, 0.3) is 0 Å². The Balaban J connectivity index is 0.00000204. The second-order valence-corrected chi connectivity index (χ2v) is 10.2. The van der Waals surface area contributed by atoms with Crippen molar-refractivity contribution in [2.24, 2.45) is 0 Å². The van der Waals surface area contributed by atoms with Crippen LogP contribution in [-0.4, -0.2) is 25.0 Å². The fourth-order valence-corrected chi connectivity index (χ4v) is 5.78. The Labute approximate surface area is 221 Å². The number of aliphatic carboxylic acids is 1. The van der Waals surface area contributed by atoms with Gasteiger partial charge in [-0.05, 0) is 76.3 Å². The summed E-state index contributed by atoms with van der Waals surface area (Å²) in [5.41, 5.74) is 3.09. The summed E-state index contributed by atoms with van der Waals surface area (Å²) >= 11 is 12.3. The Bertz CT molecular complexity index is 1480. The van der Waals surface area contributed by atoms with E-state index in [1.54, 1.807) is 30.3 Å². The summed E-state index contributed by atoms with van der Waals surface area (Å²) in [4.78, 5) is 11.5. The Hall–Kier alpha value is -2.30. The van der Waals surface area contributed by atoms with Gasteiger partial charge >= 0.3 is 24.8 Å². The molecule has 0 amide bonds. The van der Waals surface area contributed by atoms with Crippen molar-refractivity contribution in [2.45, 2.75) is 23.1 Å². The number of benzene rings is 4. The fraction of sp³-hybridized carbons (Fsp3) is 0.0800. The summed E-state index contributed by atoms with van der Waals surface area (Å²) in [6.07, 6.45) is -0.115. The molecule has 0 radical (unpaired) electrons. The van der Waals surface area contributed by atoms with Crippen LogP contribution in [0.1, 0.15) is 12.6 Å². The minimum absolute atomic E-state index is 0. The second-order valence-electron chi connectivity index (χ2n) is 7.43. The third-order valence-corrected chi connectivity index (χ3v) is 7.90. The van der Waals surface area contributed by atoms with E-state index in [0.717, 1.165) is 27.5 Å². The Morgan fingerprint density at radius 3 is 2.24 bits per heavy atom. The van der Waals surface area contributed by atoms with Crippen molar-refractivity contribution in [3.8, 4) is 11.1 Å². The van der Waals surface area contributed by atoms with Crippen molar-refractivity contribution < 1.29 is 44.1 Å². The van der Waals surface area contributed by atoms with Crippen LogP contribution in [0.5, 0.6) is 0 Å². The zero-order chi connectivity index (χ0) is 23.0. The van der Waals surface area contributed by atoms with Crippen molar-refractivity contribution in [2.75, 3.05) is 0 Å². The summed E-state index contributed by atoms with van der Waals surface area (Å²) in [5.74, 6) is -0.923. The van der Waals surface area contributed by atoms with Gasteiger partial charge in [0.1, 0.15) is 0 Å². The smallest absolute Gasteiger partial charge is 1.00 e. The first kappa shape index (κ1) is 27.9. The number of carbonyl (C=O) groups is 1. The van der Waals surface area contributed by atoms with Crippen molar-refractivity contribution >= 4 is 49.8 Å². The molecule has 4 aromatic carbocycles. The van der Waals surface area contributed by atoms with E-state index < -0.39 is 15.8 Å². The van der Waals surface area contributed by atoms with E-state index in [2.05, 4.69) is 0 Å². The topological polar surface area (TPSA) is 103 Å².